The average Bonchev–Trinajstić information content (AvgIpc) is 4.07. The summed E-state index contributed by atoms with van der Waals surface area (Å²) in [5.41, 5.74) is 25.1. The summed E-state index contributed by atoms with van der Waals surface area (Å²) in [6, 6.07) is 90.6. The highest BCUT2D eigenvalue weighted by atomic mass is 16.3. The van der Waals surface area contributed by atoms with Crippen LogP contribution in [-0.4, -0.2) is 7.28 Å². The number of nitrogens with one attached hydrogen (secondary N) is 1. The van der Waals surface area contributed by atoms with E-state index in [0.717, 1.165) is 106 Å². The van der Waals surface area contributed by atoms with Crippen molar-refractivity contribution >= 4 is 85.6 Å². The third kappa shape index (κ3) is 9.43. The quantitative estimate of drug-likeness (QED) is 0.138. The molecule has 0 spiro atoms. The van der Waals surface area contributed by atoms with Crippen LogP contribution in [0.2, 0.25) is 0 Å². The van der Waals surface area contributed by atoms with Gasteiger partial charge in [0.2, 0.25) is 0 Å². The Bertz CT molecular complexity index is 4170. The summed E-state index contributed by atoms with van der Waals surface area (Å²) in [5, 5.41) is 6.08. The first-order valence-electron chi connectivity index (χ1n) is 27.9. The zero-order chi connectivity index (χ0) is 54.7. The van der Waals surface area contributed by atoms with Crippen LogP contribution in [-0.2, 0) is 10.8 Å². The van der Waals surface area contributed by atoms with Gasteiger partial charge in [0, 0.05) is 56.1 Å². The fraction of sp³-hybridized carbons (Fsp3) is 0.120. The molecule has 0 atom stereocenters. The van der Waals surface area contributed by atoms with Crippen LogP contribution in [0.5, 0.6) is 0 Å². The molecule has 11 aromatic carbocycles. The maximum atomic E-state index is 7.20. The third-order valence-corrected chi connectivity index (χ3v) is 15.9. The molecule has 2 heterocycles. The van der Waals surface area contributed by atoms with E-state index in [4.69, 9.17) is 4.42 Å². The maximum absolute atomic E-state index is 7.20. The molecule has 12 aromatic rings. The molecular weight excluding hydrogens is 970 g/mol. The Labute approximate surface area is 471 Å². The lowest BCUT2D eigenvalue weighted by Gasteiger charge is -2.37. The topological polar surface area (TPSA) is 31.6 Å². The van der Waals surface area contributed by atoms with Gasteiger partial charge >= 0.3 is 0 Å². The van der Waals surface area contributed by atoms with E-state index in [1.807, 2.05) is 0 Å². The van der Waals surface area contributed by atoms with Crippen LogP contribution < -0.4 is 26.0 Å². The summed E-state index contributed by atoms with van der Waals surface area (Å²) >= 11 is 0. The van der Waals surface area contributed by atoms with Crippen molar-refractivity contribution in [3.05, 3.63) is 265 Å². The molecule has 0 saturated heterocycles. The number of anilines is 8. The number of hydrogen-bond acceptors (Lipinski definition) is 4. The summed E-state index contributed by atoms with van der Waals surface area (Å²) in [4.78, 5) is 4.90. The highest BCUT2D eigenvalue weighted by molar-refractivity contribution is 6.74. The van der Waals surface area contributed by atoms with Crippen LogP contribution in [0, 0.1) is 6.92 Å². The summed E-state index contributed by atoms with van der Waals surface area (Å²) in [5.74, 6) is 0. The largest absolute Gasteiger partial charge is 0.454 e. The van der Waals surface area contributed by atoms with E-state index in [-0.39, 0.29) is 10.8 Å². The van der Waals surface area contributed by atoms with Crippen molar-refractivity contribution in [3.8, 4) is 44.5 Å². The van der Waals surface area contributed by atoms with E-state index in [9.17, 15) is 0 Å². The van der Waals surface area contributed by atoms with Crippen LogP contribution in [0.25, 0.3) is 66.4 Å². The Balaban J connectivity index is 1.05. The Morgan fingerprint density at radius 3 is 1.52 bits per heavy atom. The molecule has 5 heteroatoms. The first-order chi connectivity index (χ1) is 38.8. The smallest absolute Gasteiger partial charge is 0.198 e. The molecule has 1 N–H and O–H groups in total. The normalized spacial score (nSPS) is 12.3. The molecule has 0 aliphatic carbocycles. The van der Waals surface area contributed by atoms with Crippen LogP contribution >= 0.6 is 0 Å². The van der Waals surface area contributed by atoms with E-state index in [1.165, 1.54) is 33.4 Å². The summed E-state index contributed by atoms with van der Waals surface area (Å²) in [7, 11) is 2.39. The molecule has 0 fully saturated rings. The predicted molar refractivity (Wildman–Crippen MR) is 342 cm³/mol. The second-order valence-corrected chi connectivity index (χ2v) is 23.4. The molecule has 1 radical (unpaired) electrons. The van der Waals surface area contributed by atoms with Crippen LogP contribution in [0.4, 0.5) is 45.5 Å². The zero-order valence-corrected chi connectivity index (χ0v) is 46.6. The van der Waals surface area contributed by atoms with E-state index in [2.05, 4.69) is 320 Å². The fourth-order valence-electron chi connectivity index (χ4n) is 11.6. The van der Waals surface area contributed by atoms with Gasteiger partial charge in [-0.05, 0) is 158 Å². The second kappa shape index (κ2) is 20.2. The van der Waals surface area contributed by atoms with Gasteiger partial charge in [-0.1, -0.05) is 217 Å². The lowest BCUT2D eigenvalue weighted by atomic mass is 9.58. The van der Waals surface area contributed by atoms with E-state index in [0.29, 0.717) is 0 Å². The van der Waals surface area contributed by atoms with Crippen molar-refractivity contribution in [3.63, 3.8) is 0 Å². The molecule has 4 nitrogen and oxygen atoms in total. The average molecular weight is 1030 g/mol. The van der Waals surface area contributed by atoms with Crippen molar-refractivity contribution < 1.29 is 4.42 Å². The summed E-state index contributed by atoms with van der Waals surface area (Å²) in [6.45, 7) is 15.9. The number of fused-ring (bicyclic) bond motifs is 6. The van der Waals surface area contributed by atoms with Gasteiger partial charge in [-0.2, -0.15) is 0 Å². The van der Waals surface area contributed by atoms with Crippen molar-refractivity contribution in [2.45, 2.75) is 59.3 Å². The second-order valence-electron chi connectivity index (χ2n) is 23.4. The van der Waals surface area contributed by atoms with Gasteiger partial charge in [0.1, 0.15) is 5.58 Å². The molecular formula is C75H63BN3O. The number of para-hydroxylation sites is 1. The SMILES string of the molecule is Cc1cc(-c2ccccc2)ccc1N1c2cc(N(c3ccc(C(C)(C)C)cc3)c3ccc(C(C)(C)C)cc3)ccc2[B]c2c(-c3ccc(-c4ccccc4)cc3Nc3ccc(-c4ccccc4)cc3)cc3c(oc4ccccc43)c21. The summed E-state index contributed by atoms with van der Waals surface area (Å²) in [6.07, 6.45) is 0. The highest BCUT2D eigenvalue weighted by Gasteiger charge is 2.34. The van der Waals surface area contributed by atoms with Gasteiger partial charge in [0.25, 0.3) is 0 Å². The minimum Gasteiger partial charge on any atom is -0.454 e. The van der Waals surface area contributed by atoms with Gasteiger partial charge in [-0.3, -0.25) is 0 Å². The number of benzene rings is 11. The number of furan rings is 1. The standard InChI is InChI=1S/C75H63BN3O/c1-49-45-54(51-21-13-9-14-22-51)30-44-68(49)79-69-47-61(78(59-37-31-56(32-38-59)74(2,3)4)60-39-33-57(34-40-60)75(5,6)7)41-43-66(69)76-71-64(48-65-63-25-17-18-26-70(63)80-73(65)72(71)79)62-42-29-55(52-23-15-10-16-24-52)46-67(62)77-58-35-27-53(28-36-58)50-19-11-8-12-20-50/h8-48,77H,1-7H3. The summed E-state index contributed by atoms with van der Waals surface area (Å²) < 4.78 is 7.20. The van der Waals surface area contributed by atoms with Crippen LogP contribution in [0.3, 0.4) is 0 Å². The Hall–Kier alpha value is -9.32. The molecule has 1 aliphatic heterocycles. The third-order valence-electron chi connectivity index (χ3n) is 15.9. The fourth-order valence-corrected chi connectivity index (χ4v) is 11.6. The van der Waals surface area contributed by atoms with Crippen molar-refractivity contribution in [2.75, 3.05) is 15.1 Å². The van der Waals surface area contributed by atoms with Crippen LogP contribution in [0.1, 0.15) is 58.2 Å². The minimum absolute atomic E-state index is 0.0108. The van der Waals surface area contributed by atoms with E-state index in [1.54, 1.807) is 0 Å². The Morgan fingerprint density at radius 2 is 0.938 bits per heavy atom. The molecule has 0 saturated carbocycles. The molecule has 80 heavy (non-hydrogen) atoms. The molecule has 1 aromatic heterocycles. The Morgan fingerprint density at radius 1 is 0.425 bits per heavy atom. The van der Waals surface area contributed by atoms with Gasteiger partial charge in [-0.25, -0.2) is 0 Å². The number of nitrogens with zero attached hydrogens (tertiary/aromatic N) is 2. The first kappa shape index (κ1) is 50.2. The van der Waals surface area contributed by atoms with Gasteiger partial charge in [0.15, 0.2) is 12.9 Å². The molecule has 1 aliphatic rings. The van der Waals surface area contributed by atoms with Gasteiger partial charge in [0.05, 0.1) is 5.69 Å². The predicted octanol–water partition coefficient (Wildman–Crippen LogP) is 19.8. The van der Waals surface area contributed by atoms with Gasteiger partial charge < -0.3 is 19.5 Å². The van der Waals surface area contributed by atoms with Crippen LogP contribution in [0.15, 0.2) is 253 Å². The lowest BCUT2D eigenvalue weighted by molar-refractivity contribution is 0.590. The van der Waals surface area contributed by atoms with E-state index >= 15 is 0 Å². The minimum atomic E-state index is 0.0108. The molecule has 0 bridgehead atoms. The van der Waals surface area contributed by atoms with Crippen molar-refractivity contribution in [1.82, 2.24) is 0 Å². The molecule has 0 amide bonds. The zero-order valence-electron chi connectivity index (χ0n) is 46.6. The molecule has 13 rings (SSSR count). The highest BCUT2D eigenvalue weighted by Crippen LogP contribution is 2.49. The number of aryl methyl sites for hydroxylation is 1. The van der Waals surface area contributed by atoms with E-state index < -0.39 is 0 Å². The maximum Gasteiger partial charge on any atom is 0.198 e. The van der Waals surface area contributed by atoms with Crippen molar-refractivity contribution in [1.29, 1.82) is 0 Å². The molecule has 0 unspecified atom stereocenters. The monoisotopic (exact) mass is 1030 g/mol. The van der Waals surface area contributed by atoms with Gasteiger partial charge in [-0.15, -0.1) is 0 Å². The number of hydrogen-bond donors (Lipinski definition) is 1. The first-order valence-corrected chi connectivity index (χ1v) is 27.9. The number of rotatable bonds is 10. The molecule has 387 valence electrons. The lowest BCUT2D eigenvalue weighted by Crippen LogP contribution is -2.41. The Kier molecular flexibility index (Phi) is 12.7. The van der Waals surface area contributed by atoms with Crippen molar-refractivity contribution in [2.24, 2.45) is 0 Å².